The van der Waals surface area contributed by atoms with Crippen LogP contribution in [-0.2, 0) is 65.3 Å². The Morgan fingerprint density at radius 3 is 2.05 bits per heavy atom. The number of ether oxygens (including phenoxy) is 7. The highest BCUT2D eigenvalue weighted by molar-refractivity contribution is 6.39. The lowest BCUT2D eigenvalue weighted by atomic mass is 9.80. The van der Waals surface area contributed by atoms with E-state index in [1.54, 1.807) is 58.4 Å². The van der Waals surface area contributed by atoms with Crippen molar-refractivity contribution in [3.63, 3.8) is 0 Å². The van der Waals surface area contributed by atoms with Crippen LogP contribution >= 0.6 is 0 Å². The maximum absolute atomic E-state index is 14.9. The summed E-state index contributed by atoms with van der Waals surface area (Å²) in [5.74, 6) is -6.60. The standard InChI is InChI=1S/C76H115N11O16/c1-48-16-12-11-13-17-49(2)63(97-8)42-58-21-19-53(6)76(96,103-58)70(92)71(93)87-24-15-14-18-61(87)72(94)101-65(43-64(98-9)50(3)39-52(5)68(90)69(91)67(89)51(4)38-48)59(77)40-55-20-22-62(66(41-55)99-10)102-75(95)86-25-23-60-57(47-86)46-80-74(81-60)85-32-28-83(29-33-85)35-37-100-36-34-82-26-30-84(31-27-82)73-78-44-56(45-79-73)54(7)88/h11-13,16-17,39,44-46,48,50-51,53,55,58-59,61-66,68-69,90-91,96H,14-15,18-38,40-43,47,77H2,1-10H3/b13-11+,16-12+,49-17+,52-39+/t48-,50-,51-,53-,55+,58+,59-,61+,62-,63+,64-,65+,66-,68-,69+,76-/m1/s1. The highest BCUT2D eigenvalue weighted by atomic mass is 16.6. The number of hydrogen-bond donors (Lipinski definition) is 4. The Morgan fingerprint density at radius 1 is 0.718 bits per heavy atom. The van der Waals surface area contributed by atoms with Gasteiger partial charge in [-0.3, -0.25) is 29.0 Å². The van der Waals surface area contributed by atoms with Gasteiger partial charge in [0, 0.05) is 167 Å². The van der Waals surface area contributed by atoms with Crippen LogP contribution in [-0.4, -0.2) is 270 Å². The number of cyclic esters (lactones) is 1. The third-order valence-electron chi connectivity index (χ3n) is 22.3. The van der Waals surface area contributed by atoms with Crippen LogP contribution in [0.3, 0.4) is 0 Å². The number of esters is 1. The number of piperidine rings is 1. The van der Waals surface area contributed by atoms with Gasteiger partial charge >= 0.3 is 12.1 Å². The number of ketones is 3. The quantitative estimate of drug-likeness (QED) is 0.0522. The van der Waals surface area contributed by atoms with Crippen molar-refractivity contribution >= 4 is 47.2 Å². The smallest absolute Gasteiger partial charge is 0.410 e. The summed E-state index contributed by atoms with van der Waals surface area (Å²) in [7, 11) is 4.67. The molecule has 5 N–H and O–H groups in total. The maximum Gasteiger partial charge on any atom is 0.410 e. The normalized spacial score (nSPS) is 33.3. The minimum atomic E-state index is -2.47. The first-order valence-corrected chi connectivity index (χ1v) is 37.4. The summed E-state index contributed by atoms with van der Waals surface area (Å²) in [4.78, 5) is 114. The van der Waals surface area contributed by atoms with Crippen molar-refractivity contribution in [3.05, 3.63) is 83.0 Å². The maximum atomic E-state index is 14.9. The van der Waals surface area contributed by atoms with E-state index in [1.807, 2.05) is 57.3 Å². The Morgan fingerprint density at radius 2 is 1.39 bits per heavy atom. The zero-order chi connectivity index (χ0) is 74.1. The van der Waals surface area contributed by atoms with E-state index in [2.05, 4.69) is 29.6 Å². The van der Waals surface area contributed by atoms with E-state index < -0.39 is 114 Å². The largest absolute Gasteiger partial charge is 0.459 e. The summed E-state index contributed by atoms with van der Waals surface area (Å²) in [5, 5.41) is 35.0. The molecular weight excluding hydrogens is 1320 g/mol. The monoisotopic (exact) mass is 1440 g/mol. The number of Topliss-reactive ketones (excluding diaryl/α,β-unsaturated/α-hetero) is 3. The fourth-order valence-electron chi connectivity index (χ4n) is 15.5. The number of aromatic nitrogens is 4. The summed E-state index contributed by atoms with van der Waals surface area (Å²) in [6.07, 6.45) is 13.9. The summed E-state index contributed by atoms with van der Waals surface area (Å²) in [6.45, 7) is 22.8. The van der Waals surface area contributed by atoms with Gasteiger partial charge in [-0.1, -0.05) is 64.2 Å². The molecule has 1 aliphatic carbocycles. The van der Waals surface area contributed by atoms with Crippen LogP contribution in [0.15, 0.2) is 66.2 Å². The topological polar surface area (TPSA) is 325 Å². The van der Waals surface area contributed by atoms with Crippen molar-refractivity contribution in [3.8, 4) is 0 Å². The molecule has 2 amide bonds. The first kappa shape index (κ1) is 80.6. The van der Waals surface area contributed by atoms with Gasteiger partial charge in [0.05, 0.1) is 55.4 Å². The second-order valence-corrected chi connectivity index (χ2v) is 29.7. The lowest BCUT2D eigenvalue weighted by molar-refractivity contribution is -0.265. The molecule has 570 valence electrons. The summed E-state index contributed by atoms with van der Waals surface area (Å²) < 4.78 is 43.1. The molecule has 0 unspecified atom stereocenters. The number of rotatable bonds is 16. The van der Waals surface area contributed by atoms with Gasteiger partial charge in [0.1, 0.15) is 30.5 Å². The molecule has 103 heavy (non-hydrogen) atoms. The van der Waals surface area contributed by atoms with Gasteiger partial charge in [0.15, 0.2) is 11.6 Å². The third-order valence-corrected chi connectivity index (χ3v) is 22.3. The first-order valence-electron chi connectivity index (χ1n) is 37.4. The van der Waals surface area contributed by atoms with E-state index >= 15 is 0 Å². The van der Waals surface area contributed by atoms with Crippen molar-refractivity contribution < 1.29 is 77.2 Å². The second kappa shape index (κ2) is 38.2. The summed E-state index contributed by atoms with van der Waals surface area (Å²) >= 11 is 0. The molecule has 9 rings (SSSR count). The number of methoxy groups -OCH3 is 3. The molecule has 4 saturated heterocycles. The van der Waals surface area contributed by atoms with E-state index in [0.717, 1.165) is 82.3 Å². The fourth-order valence-corrected chi connectivity index (χ4v) is 15.5. The fraction of sp³-hybridized carbons (Fsp3) is 0.711. The van der Waals surface area contributed by atoms with Crippen LogP contribution in [0.5, 0.6) is 0 Å². The molecule has 0 radical (unpaired) electrons. The number of nitrogens with two attached hydrogens (primary N) is 1. The molecule has 2 bridgehead atoms. The number of aliphatic hydroxyl groups excluding tert-OH is 2. The molecule has 2 aromatic rings. The zero-order valence-electron chi connectivity index (χ0n) is 62.4. The van der Waals surface area contributed by atoms with Crippen LogP contribution in [0, 0.1) is 29.6 Å². The third kappa shape index (κ3) is 21.4. The Balaban J connectivity index is 0.796. The molecule has 6 aliphatic heterocycles. The summed E-state index contributed by atoms with van der Waals surface area (Å²) in [6, 6.07) is -2.01. The van der Waals surface area contributed by atoms with Gasteiger partial charge < -0.3 is 73.8 Å². The Labute approximate surface area is 607 Å². The number of piperazine rings is 2. The SMILES string of the molecule is CO[C@H]1C[C@@H]2CC[C@@H](C)[C@@](O)(O2)C(=O)C(=O)N2CCCC[C@H]2C(=O)O[C@H]([C@H](N)C[C@@H]2CC[C@@H](OC(=O)N3CCc4nc(N5CCN(CCOCCN6CCN(c7ncc(C(C)=O)cn7)CC6)CC5)ncc4C3)[C@H](OC)C2)C[C@@H](OC)[C@H](C)/C=C(\C)[C@@H](O)[C@@H](O)C(=O)[C@H](C)C[C@H](C)/C=C/C=C/C=C/1C. The van der Waals surface area contributed by atoms with Crippen LogP contribution in [0.1, 0.15) is 147 Å². The predicted octanol–water partition coefficient (Wildman–Crippen LogP) is 5.61. The predicted molar refractivity (Wildman–Crippen MR) is 386 cm³/mol. The number of anilines is 2. The van der Waals surface area contributed by atoms with E-state index in [-0.39, 0.29) is 43.4 Å². The molecular formula is C76H115N11O16. The lowest BCUT2D eigenvalue weighted by Crippen LogP contribution is -2.61. The van der Waals surface area contributed by atoms with Gasteiger partial charge in [0.25, 0.3) is 11.7 Å². The van der Waals surface area contributed by atoms with E-state index in [0.29, 0.717) is 114 Å². The molecule has 0 spiro atoms. The number of carbonyl (C=O) groups is 6. The Hall–Kier alpha value is -6.50. The van der Waals surface area contributed by atoms with Gasteiger partial charge in [-0.2, -0.15) is 0 Å². The molecule has 1 saturated carbocycles. The number of amides is 2. The molecule has 16 atom stereocenters. The van der Waals surface area contributed by atoms with Gasteiger partial charge in [-0.05, 0) is 108 Å². The Bertz CT molecular complexity index is 3290. The van der Waals surface area contributed by atoms with Crippen molar-refractivity contribution in [2.24, 2.45) is 35.3 Å². The van der Waals surface area contributed by atoms with Gasteiger partial charge in [-0.25, -0.2) is 29.5 Å². The van der Waals surface area contributed by atoms with Crippen LogP contribution < -0.4 is 15.5 Å². The van der Waals surface area contributed by atoms with Crippen molar-refractivity contribution in [2.75, 3.05) is 123 Å². The van der Waals surface area contributed by atoms with Crippen molar-refractivity contribution in [1.82, 2.24) is 39.5 Å². The number of fused-ring (bicyclic) bond motifs is 4. The molecule has 0 aromatic carbocycles. The number of aliphatic hydroxyl groups is 3. The van der Waals surface area contributed by atoms with Gasteiger partial charge in [-0.15, -0.1) is 0 Å². The Kier molecular flexibility index (Phi) is 29.9. The van der Waals surface area contributed by atoms with Crippen molar-refractivity contribution in [2.45, 2.75) is 205 Å². The van der Waals surface area contributed by atoms with Crippen LogP contribution in [0.2, 0.25) is 0 Å². The number of allylic oxidation sites excluding steroid dienone is 5. The molecule has 8 heterocycles. The zero-order valence-corrected chi connectivity index (χ0v) is 62.4. The number of hydrogen-bond acceptors (Lipinski definition) is 25. The average molecular weight is 1440 g/mol. The first-order chi connectivity index (χ1) is 49.4. The highest BCUT2D eigenvalue weighted by Gasteiger charge is 2.53. The summed E-state index contributed by atoms with van der Waals surface area (Å²) in [5.41, 5.74) is 10.7. The minimum Gasteiger partial charge on any atom is -0.459 e. The van der Waals surface area contributed by atoms with E-state index in [9.17, 15) is 44.1 Å². The molecule has 2 aromatic heterocycles. The molecule has 27 heteroatoms. The number of nitrogens with zero attached hydrogens (tertiary/aromatic N) is 10. The average Bonchev–Trinajstić information content (AvgIpc) is 0.721. The van der Waals surface area contributed by atoms with Crippen LogP contribution in [0.4, 0.5) is 16.7 Å². The lowest BCUT2D eigenvalue weighted by Gasteiger charge is -2.43. The van der Waals surface area contributed by atoms with E-state index in [4.69, 9.17) is 48.9 Å². The van der Waals surface area contributed by atoms with Crippen LogP contribution in [0.25, 0.3) is 0 Å². The van der Waals surface area contributed by atoms with Crippen molar-refractivity contribution in [1.29, 1.82) is 0 Å². The number of carbonyl (C=O) groups excluding carboxylic acids is 6. The van der Waals surface area contributed by atoms with E-state index in [1.165, 1.54) is 18.9 Å². The highest BCUT2D eigenvalue weighted by Crippen LogP contribution is 2.38. The van der Waals surface area contributed by atoms with Gasteiger partial charge in [0.2, 0.25) is 17.7 Å². The molecule has 5 fully saturated rings. The second-order valence-electron chi connectivity index (χ2n) is 29.7. The minimum absolute atomic E-state index is 0.0460. The molecule has 27 nitrogen and oxygen atoms in total. The molecule has 7 aliphatic rings.